The molecule has 1 aromatic rings. The summed E-state index contributed by atoms with van der Waals surface area (Å²) in [5.74, 6) is -1.21. The van der Waals surface area contributed by atoms with Crippen LogP contribution in [0.4, 0.5) is 8.78 Å². The van der Waals surface area contributed by atoms with Crippen molar-refractivity contribution in [3.63, 3.8) is 0 Å². The number of rotatable bonds is 4. The number of nitrogens with two attached hydrogens (primary N) is 1. The molecule has 20 heavy (non-hydrogen) atoms. The van der Waals surface area contributed by atoms with Crippen molar-refractivity contribution in [1.82, 2.24) is 5.32 Å². The fourth-order valence-corrected chi connectivity index (χ4v) is 2.81. The Morgan fingerprint density at radius 1 is 1.30 bits per heavy atom. The Morgan fingerprint density at radius 3 is 2.75 bits per heavy atom. The minimum Gasteiger partial charge on any atom is -0.352 e. The van der Waals surface area contributed by atoms with Gasteiger partial charge < -0.3 is 11.1 Å². The van der Waals surface area contributed by atoms with Crippen LogP contribution in [0.2, 0.25) is 0 Å². The van der Waals surface area contributed by atoms with Crippen molar-refractivity contribution in [3.05, 3.63) is 35.4 Å². The molecule has 1 saturated carbocycles. The van der Waals surface area contributed by atoms with Gasteiger partial charge in [-0.2, -0.15) is 0 Å². The van der Waals surface area contributed by atoms with Gasteiger partial charge in [0.15, 0.2) is 0 Å². The van der Waals surface area contributed by atoms with E-state index in [9.17, 15) is 13.6 Å². The van der Waals surface area contributed by atoms with Crippen LogP contribution in [0.1, 0.15) is 31.2 Å². The smallest absolute Gasteiger partial charge is 0.223 e. The number of carbonyl (C=O) groups excluding carboxylic acids is 1. The number of nitrogens with one attached hydrogen (secondary N) is 1. The van der Waals surface area contributed by atoms with E-state index in [-0.39, 0.29) is 24.3 Å². The van der Waals surface area contributed by atoms with E-state index in [1.54, 1.807) is 0 Å². The van der Waals surface area contributed by atoms with Crippen LogP contribution in [-0.4, -0.2) is 12.5 Å². The third-order valence-corrected chi connectivity index (χ3v) is 4.02. The first-order chi connectivity index (χ1) is 9.61. The summed E-state index contributed by atoms with van der Waals surface area (Å²) in [4.78, 5) is 12.2. The van der Waals surface area contributed by atoms with Crippen molar-refractivity contribution in [1.29, 1.82) is 0 Å². The summed E-state index contributed by atoms with van der Waals surface area (Å²) in [5.41, 5.74) is 5.99. The fraction of sp³-hybridized carbons (Fsp3) is 0.533. The molecule has 2 atom stereocenters. The summed E-state index contributed by atoms with van der Waals surface area (Å²) in [6.45, 7) is 0.585. The summed E-state index contributed by atoms with van der Waals surface area (Å²) in [5, 5.41) is 2.74. The first kappa shape index (κ1) is 14.9. The number of hydrogen-bond donors (Lipinski definition) is 2. The van der Waals surface area contributed by atoms with Gasteiger partial charge in [-0.05, 0) is 31.4 Å². The van der Waals surface area contributed by atoms with E-state index in [0.717, 1.165) is 31.7 Å². The Labute approximate surface area is 117 Å². The lowest BCUT2D eigenvalue weighted by atomic mass is 9.79. The zero-order valence-corrected chi connectivity index (χ0v) is 11.4. The van der Waals surface area contributed by atoms with Crippen molar-refractivity contribution in [3.8, 4) is 0 Å². The van der Waals surface area contributed by atoms with Crippen molar-refractivity contribution in [2.45, 2.75) is 32.2 Å². The summed E-state index contributed by atoms with van der Waals surface area (Å²) in [6, 6.07) is 3.37. The minimum absolute atomic E-state index is 0.0797. The third kappa shape index (κ3) is 3.54. The van der Waals surface area contributed by atoms with Crippen LogP contribution in [0.5, 0.6) is 0 Å². The lowest BCUT2D eigenvalue weighted by Gasteiger charge is -2.29. The van der Waals surface area contributed by atoms with Gasteiger partial charge in [0, 0.05) is 24.1 Å². The molecule has 110 valence electrons. The maximum atomic E-state index is 13.5. The van der Waals surface area contributed by atoms with Gasteiger partial charge in [0.1, 0.15) is 11.6 Å². The van der Waals surface area contributed by atoms with Crippen molar-refractivity contribution >= 4 is 5.91 Å². The van der Waals surface area contributed by atoms with Gasteiger partial charge in [-0.15, -0.1) is 0 Å². The molecule has 3 N–H and O–H groups in total. The molecule has 0 bridgehead atoms. The molecule has 1 aromatic carbocycles. The van der Waals surface area contributed by atoms with Gasteiger partial charge in [-0.1, -0.05) is 18.9 Å². The molecule has 2 rings (SSSR count). The molecule has 0 aromatic heterocycles. The molecule has 1 amide bonds. The number of benzene rings is 1. The normalized spacial score (nSPS) is 22.6. The highest BCUT2D eigenvalue weighted by Crippen LogP contribution is 2.29. The van der Waals surface area contributed by atoms with E-state index >= 15 is 0 Å². The van der Waals surface area contributed by atoms with E-state index in [0.29, 0.717) is 12.1 Å². The van der Waals surface area contributed by atoms with Crippen LogP contribution in [0, 0.1) is 23.5 Å². The molecule has 0 saturated heterocycles. The van der Waals surface area contributed by atoms with Crippen molar-refractivity contribution < 1.29 is 13.6 Å². The molecule has 1 aliphatic rings. The summed E-state index contributed by atoms with van der Waals surface area (Å²) < 4.78 is 26.3. The molecule has 5 heteroatoms. The molecule has 2 unspecified atom stereocenters. The fourth-order valence-electron chi connectivity index (χ4n) is 2.81. The zero-order chi connectivity index (χ0) is 14.5. The molecule has 1 aliphatic carbocycles. The van der Waals surface area contributed by atoms with E-state index in [4.69, 9.17) is 5.73 Å². The largest absolute Gasteiger partial charge is 0.352 e. The maximum absolute atomic E-state index is 13.5. The SMILES string of the molecule is NCC1CCCCC1C(=O)NCc1ccc(F)cc1F. The van der Waals surface area contributed by atoms with Crippen LogP contribution in [0.3, 0.4) is 0 Å². The second kappa shape index (κ2) is 6.79. The zero-order valence-electron chi connectivity index (χ0n) is 11.4. The molecule has 0 aliphatic heterocycles. The maximum Gasteiger partial charge on any atom is 0.223 e. The van der Waals surface area contributed by atoms with E-state index in [1.807, 2.05) is 0 Å². The van der Waals surface area contributed by atoms with Gasteiger partial charge >= 0.3 is 0 Å². The number of hydrogen-bond acceptors (Lipinski definition) is 2. The highest BCUT2D eigenvalue weighted by Gasteiger charge is 2.29. The molecular weight excluding hydrogens is 262 g/mol. The second-order valence-electron chi connectivity index (χ2n) is 5.34. The van der Waals surface area contributed by atoms with Gasteiger partial charge in [-0.3, -0.25) is 4.79 Å². The van der Waals surface area contributed by atoms with Crippen molar-refractivity contribution in [2.24, 2.45) is 17.6 Å². The Hall–Kier alpha value is -1.49. The summed E-state index contributed by atoms with van der Waals surface area (Å²) >= 11 is 0. The Morgan fingerprint density at radius 2 is 2.05 bits per heavy atom. The summed E-state index contributed by atoms with van der Waals surface area (Å²) in [7, 11) is 0. The Bertz CT molecular complexity index is 479. The van der Waals surface area contributed by atoms with Gasteiger partial charge in [-0.25, -0.2) is 8.78 Å². The van der Waals surface area contributed by atoms with Crippen LogP contribution in [-0.2, 0) is 11.3 Å². The quantitative estimate of drug-likeness (QED) is 0.890. The Balaban J connectivity index is 1.94. The molecule has 0 radical (unpaired) electrons. The first-order valence-electron chi connectivity index (χ1n) is 7.03. The van der Waals surface area contributed by atoms with Gasteiger partial charge in [0.05, 0.1) is 0 Å². The van der Waals surface area contributed by atoms with E-state index in [1.165, 1.54) is 12.1 Å². The number of halogens is 2. The number of carbonyl (C=O) groups is 1. The van der Waals surface area contributed by atoms with E-state index in [2.05, 4.69) is 5.32 Å². The molecular formula is C15H20F2N2O. The minimum atomic E-state index is -0.635. The van der Waals surface area contributed by atoms with Crippen molar-refractivity contribution in [2.75, 3.05) is 6.54 Å². The van der Waals surface area contributed by atoms with Crippen LogP contribution in [0.15, 0.2) is 18.2 Å². The highest BCUT2D eigenvalue weighted by atomic mass is 19.1. The molecule has 3 nitrogen and oxygen atoms in total. The van der Waals surface area contributed by atoms with Crippen LogP contribution in [0.25, 0.3) is 0 Å². The van der Waals surface area contributed by atoms with Gasteiger partial charge in [0.2, 0.25) is 5.91 Å². The standard InChI is InChI=1S/C15H20F2N2O/c16-12-6-5-11(14(17)7-12)9-19-15(20)13-4-2-1-3-10(13)8-18/h5-7,10,13H,1-4,8-9,18H2,(H,19,20). The lowest BCUT2D eigenvalue weighted by Crippen LogP contribution is -2.39. The monoisotopic (exact) mass is 282 g/mol. The highest BCUT2D eigenvalue weighted by molar-refractivity contribution is 5.79. The predicted molar refractivity (Wildman–Crippen MR) is 72.7 cm³/mol. The average molecular weight is 282 g/mol. The lowest BCUT2D eigenvalue weighted by molar-refractivity contribution is -0.127. The third-order valence-electron chi connectivity index (χ3n) is 4.02. The van der Waals surface area contributed by atoms with Gasteiger partial charge in [0.25, 0.3) is 0 Å². The molecule has 1 fully saturated rings. The Kier molecular flexibility index (Phi) is 5.06. The predicted octanol–water partition coefficient (Wildman–Crippen LogP) is 2.35. The van der Waals surface area contributed by atoms with E-state index < -0.39 is 11.6 Å². The average Bonchev–Trinajstić information content (AvgIpc) is 2.46. The number of amides is 1. The first-order valence-corrected chi connectivity index (χ1v) is 7.03. The summed E-state index contributed by atoms with van der Waals surface area (Å²) in [6.07, 6.45) is 3.94. The second-order valence-corrected chi connectivity index (χ2v) is 5.34. The topological polar surface area (TPSA) is 55.1 Å². The molecule has 0 heterocycles. The van der Waals surface area contributed by atoms with Crippen LogP contribution < -0.4 is 11.1 Å². The van der Waals surface area contributed by atoms with Crippen LogP contribution >= 0.6 is 0 Å². The molecule has 0 spiro atoms.